The molecule has 2 fully saturated rings. The Balaban J connectivity index is 0.00000208. The molecule has 2 heterocycles. The lowest BCUT2D eigenvalue weighted by Crippen LogP contribution is -2.58. The minimum absolute atomic E-state index is 0. The Morgan fingerprint density at radius 1 is 1.33 bits per heavy atom. The monoisotopic (exact) mass is 353 g/mol. The average Bonchev–Trinajstić information content (AvgIpc) is 2.58. The van der Waals surface area contributed by atoms with Crippen LogP contribution in [0.3, 0.4) is 0 Å². The number of hydrogen-bond acceptors (Lipinski definition) is 4. The number of rotatable bonds is 4. The maximum Gasteiger partial charge on any atom is 0.249 e. The third-order valence-electron chi connectivity index (χ3n) is 4.34. The first-order chi connectivity index (χ1) is 11.2. The minimum Gasteiger partial charge on any atom is -0.369 e. The van der Waals surface area contributed by atoms with Crippen molar-refractivity contribution in [1.29, 1.82) is 0 Å². The number of piperidine rings is 1. The zero-order valence-electron chi connectivity index (χ0n) is 13.6. The molecule has 0 aromatic heterocycles. The van der Waals surface area contributed by atoms with E-state index in [1.165, 1.54) is 0 Å². The zero-order valence-corrected chi connectivity index (χ0v) is 14.4. The van der Waals surface area contributed by atoms with E-state index < -0.39 is 6.04 Å². The molecule has 24 heavy (non-hydrogen) atoms. The Bertz CT molecular complexity index is 549. The van der Waals surface area contributed by atoms with Gasteiger partial charge in [-0.2, -0.15) is 0 Å². The van der Waals surface area contributed by atoms with Crippen molar-refractivity contribution in [3.05, 3.63) is 35.9 Å². The molecular weight excluding hydrogens is 330 g/mol. The van der Waals surface area contributed by atoms with Crippen LogP contribution in [-0.4, -0.2) is 55.1 Å². The van der Waals surface area contributed by atoms with Crippen molar-refractivity contribution in [3.63, 3.8) is 0 Å². The van der Waals surface area contributed by atoms with Crippen molar-refractivity contribution in [3.8, 4) is 0 Å². The third-order valence-corrected chi connectivity index (χ3v) is 4.34. The molecule has 3 rings (SSSR count). The number of hydrogen-bond donors (Lipinski definition) is 2. The second-order valence-electron chi connectivity index (χ2n) is 6.09. The summed E-state index contributed by atoms with van der Waals surface area (Å²) >= 11 is 0. The van der Waals surface area contributed by atoms with E-state index in [0.717, 1.165) is 31.5 Å². The summed E-state index contributed by atoms with van der Waals surface area (Å²) in [5, 5.41) is 6.33. The first kappa shape index (κ1) is 18.7. The fraction of sp³-hybridized carbons (Fsp3) is 0.529. The lowest BCUT2D eigenvalue weighted by Gasteiger charge is -2.36. The average molecular weight is 354 g/mol. The number of benzene rings is 1. The van der Waals surface area contributed by atoms with Gasteiger partial charge in [-0.1, -0.05) is 30.3 Å². The number of ether oxygens (including phenoxy) is 1. The Hall–Kier alpha value is -1.63. The standard InChI is InChI=1S/C17H23N3O3.ClH/c21-16-12-23-11-15(17(22)19-14-7-4-8-18-9-14)20(16)10-13-5-2-1-3-6-13;/h1-3,5-6,14-15,18H,4,7-12H2,(H,19,22);1H/t14-,15+;/m0./s1. The highest BCUT2D eigenvalue weighted by molar-refractivity contribution is 5.89. The van der Waals surface area contributed by atoms with E-state index in [-0.39, 0.29) is 43.5 Å². The fourth-order valence-electron chi connectivity index (χ4n) is 3.07. The van der Waals surface area contributed by atoms with E-state index in [4.69, 9.17) is 4.74 Å². The Kier molecular flexibility index (Phi) is 7.02. The van der Waals surface area contributed by atoms with Crippen LogP contribution < -0.4 is 10.6 Å². The van der Waals surface area contributed by atoms with Gasteiger partial charge in [0.15, 0.2) is 0 Å². The number of nitrogens with zero attached hydrogens (tertiary/aromatic N) is 1. The maximum absolute atomic E-state index is 12.6. The van der Waals surface area contributed by atoms with E-state index in [2.05, 4.69) is 10.6 Å². The van der Waals surface area contributed by atoms with Gasteiger partial charge in [0.1, 0.15) is 12.6 Å². The number of carbonyl (C=O) groups is 2. The molecule has 2 N–H and O–H groups in total. The summed E-state index contributed by atoms with van der Waals surface area (Å²) in [4.78, 5) is 26.4. The minimum atomic E-state index is -0.557. The van der Waals surface area contributed by atoms with Crippen LogP contribution in [0.2, 0.25) is 0 Å². The molecule has 0 unspecified atom stereocenters. The zero-order chi connectivity index (χ0) is 16.1. The lowest BCUT2D eigenvalue weighted by atomic mass is 10.1. The highest BCUT2D eigenvalue weighted by Crippen LogP contribution is 2.14. The molecule has 132 valence electrons. The predicted octanol–water partition coefficient (Wildman–Crippen LogP) is 0.704. The summed E-state index contributed by atoms with van der Waals surface area (Å²) in [7, 11) is 0. The number of halogens is 1. The number of carbonyl (C=O) groups excluding carboxylic acids is 2. The van der Waals surface area contributed by atoms with Crippen LogP contribution in [-0.2, 0) is 20.9 Å². The molecule has 2 atom stereocenters. The van der Waals surface area contributed by atoms with Crippen molar-refractivity contribution in [2.75, 3.05) is 26.3 Å². The second-order valence-corrected chi connectivity index (χ2v) is 6.09. The molecular formula is C17H24ClN3O3. The first-order valence-electron chi connectivity index (χ1n) is 8.16. The van der Waals surface area contributed by atoms with Gasteiger partial charge in [-0.15, -0.1) is 12.4 Å². The fourth-order valence-corrected chi connectivity index (χ4v) is 3.07. The van der Waals surface area contributed by atoms with E-state index in [9.17, 15) is 9.59 Å². The van der Waals surface area contributed by atoms with E-state index in [0.29, 0.717) is 6.54 Å². The molecule has 2 saturated heterocycles. The smallest absolute Gasteiger partial charge is 0.249 e. The third kappa shape index (κ3) is 4.69. The van der Waals surface area contributed by atoms with Crippen molar-refractivity contribution in [1.82, 2.24) is 15.5 Å². The van der Waals surface area contributed by atoms with Crippen LogP contribution in [0.1, 0.15) is 18.4 Å². The van der Waals surface area contributed by atoms with Gasteiger partial charge in [0.05, 0.1) is 6.61 Å². The maximum atomic E-state index is 12.6. The first-order valence-corrected chi connectivity index (χ1v) is 8.16. The molecule has 0 bridgehead atoms. The molecule has 0 spiro atoms. The van der Waals surface area contributed by atoms with Crippen molar-refractivity contribution in [2.24, 2.45) is 0 Å². The highest BCUT2D eigenvalue weighted by Gasteiger charge is 2.34. The summed E-state index contributed by atoms with van der Waals surface area (Å²) < 4.78 is 5.30. The van der Waals surface area contributed by atoms with Gasteiger partial charge >= 0.3 is 0 Å². The van der Waals surface area contributed by atoms with E-state index in [1.54, 1.807) is 4.90 Å². The molecule has 6 nitrogen and oxygen atoms in total. The largest absolute Gasteiger partial charge is 0.369 e. The van der Waals surface area contributed by atoms with E-state index in [1.807, 2.05) is 30.3 Å². The van der Waals surface area contributed by atoms with Gasteiger partial charge in [-0.05, 0) is 24.9 Å². The molecule has 0 radical (unpaired) electrons. The van der Waals surface area contributed by atoms with Crippen molar-refractivity contribution in [2.45, 2.75) is 31.5 Å². The van der Waals surface area contributed by atoms with Crippen molar-refractivity contribution < 1.29 is 14.3 Å². The number of nitrogens with one attached hydrogen (secondary N) is 2. The molecule has 7 heteroatoms. The van der Waals surface area contributed by atoms with Crippen LogP contribution in [0.4, 0.5) is 0 Å². The Morgan fingerprint density at radius 3 is 2.83 bits per heavy atom. The molecule has 0 aliphatic carbocycles. The molecule has 2 aliphatic rings. The van der Waals surface area contributed by atoms with Crippen LogP contribution >= 0.6 is 12.4 Å². The summed E-state index contributed by atoms with van der Waals surface area (Å²) in [5.41, 5.74) is 1.01. The molecule has 1 aromatic rings. The normalized spacial score (nSPS) is 24.2. The SMILES string of the molecule is Cl.O=C(N[C@H]1CCCNC1)[C@H]1COCC(=O)N1Cc1ccccc1. The van der Waals surface area contributed by atoms with Crippen molar-refractivity contribution >= 4 is 24.2 Å². The van der Waals surface area contributed by atoms with Crippen LogP contribution in [0.25, 0.3) is 0 Å². The molecule has 1 aromatic carbocycles. The molecule has 2 aliphatic heterocycles. The van der Waals surface area contributed by atoms with Crippen LogP contribution in [0.15, 0.2) is 30.3 Å². The summed E-state index contributed by atoms with van der Waals surface area (Å²) in [6, 6.07) is 9.30. The van der Waals surface area contributed by atoms with Gasteiger partial charge in [-0.3, -0.25) is 9.59 Å². The van der Waals surface area contributed by atoms with Gasteiger partial charge in [0.2, 0.25) is 11.8 Å². The van der Waals surface area contributed by atoms with E-state index >= 15 is 0 Å². The topological polar surface area (TPSA) is 70.7 Å². The van der Waals surface area contributed by atoms with Gasteiger partial charge in [-0.25, -0.2) is 0 Å². The predicted molar refractivity (Wildman–Crippen MR) is 92.9 cm³/mol. The lowest BCUT2D eigenvalue weighted by molar-refractivity contribution is -0.156. The van der Waals surface area contributed by atoms with Gasteiger partial charge < -0.3 is 20.3 Å². The van der Waals surface area contributed by atoms with Crippen LogP contribution in [0.5, 0.6) is 0 Å². The summed E-state index contributed by atoms with van der Waals surface area (Å²) in [6.07, 6.45) is 2.03. The number of morpholine rings is 1. The summed E-state index contributed by atoms with van der Waals surface area (Å²) in [6.45, 7) is 2.51. The second kappa shape index (κ2) is 9.01. The van der Waals surface area contributed by atoms with Crippen LogP contribution in [0, 0.1) is 0 Å². The quantitative estimate of drug-likeness (QED) is 0.836. The summed E-state index contributed by atoms with van der Waals surface area (Å²) in [5.74, 6) is -0.260. The Labute approximate surface area is 148 Å². The number of amides is 2. The molecule has 2 amide bonds. The van der Waals surface area contributed by atoms with Gasteiger partial charge in [0, 0.05) is 19.1 Å². The highest BCUT2D eigenvalue weighted by atomic mass is 35.5. The van der Waals surface area contributed by atoms with Gasteiger partial charge in [0.25, 0.3) is 0 Å². The molecule has 0 saturated carbocycles. The Morgan fingerprint density at radius 2 is 2.12 bits per heavy atom.